The number of benzene rings is 1. The number of aromatic nitrogens is 5. The average molecular weight is 525 g/mol. The number of fused-ring (bicyclic) bond motifs is 1. The number of halogens is 1. The van der Waals surface area contributed by atoms with Crippen molar-refractivity contribution in [3.63, 3.8) is 0 Å². The maximum absolute atomic E-state index is 12.1. The molecule has 206 valence electrons. The van der Waals surface area contributed by atoms with E-state index in [0.717, 1.165) is 59.7 Å². The van der Waals surface area contributed by atoms with E-state index in [2.05, 4.69) is 40.1 Å². The van der Waals surface area contributed by atoms with Crippen molar-refractivity contribution in [3.05, 3.63) is 65.7 Å². The van der Waals surface area contributed by atoms with Gasteiger partial charge in [0.2, 0.25) is 0 Å². The number of hydrogen-bond acceptors (Lipinski definition) is 6. The zero-order valence-electron chi connectivity index (χ0n) is 23.2. The van der Waals surface area contributed by atoms with Gasteiger partial charge in [-0.3, -0.25) is 5.10 Å². The standard InChI is InChI=1S/C20H28N6O2.C7H7F.C2H6/c1-3-6-20(27,7-4-2)16-13-18(25-9-11-28-12-10-25)23-19-15(16)14-22-26(19)17-5-8-21-24-17;1-6-2-4-7(8)5-3-6;1-2/h5,8,13-14,27H,3-4,6-7,9-12H2,1-2H3,(H,21,24);2-5H,1H3;1-2H3. The molecule has 2 N–H and O–H groups in total. The summed E-state index contributed by atoms with van der Waals surface area (Å²) in [6.45, 7) is 13.1. The molecule has 1 aliphatic rings. The molecule has 0 atom stereocenters. The molecule has 1 saturated heterocycles. The molecule has 0 aliphatic carbocycles. The van der Waals surface area contributed by atoms with E-state index in [0.29, 0.717) is 26.1 Å². The molecule has 0 unspecified atom stereocenters. The normalized spacial score (nSPS) is 13.5. The van der Waals surface area contributed by atoms with Crippen LogP contribution in [0.3, 0.4) is 0 Å². The van der Waals surface area contributed by atoms with E-state index >= 15 is 0 Å². The van der Waals surface area contributed by atoms with E-state index in [-0.39, 0.29) is 5.82 Å². The number of anilines is 1. The number of aryl methyl sites for hydroxylation is 1. The highest BCUT2D eigenvalue weighted by Gasteiger charge is 2.32. The summed E-state index contributed by atoms with van der Waals surface area (Å²) in [5.74, 6) is 1.44. The molecule has 1 aliphatic heterocycles. The molecule has 4 aromatic rings. The van der Waals surface area contributed by atoms with Gasteiger partial charge >= 0.3 is 0 Å². The van der Waals surface area contributed by atoms with Gasteiger partial charge < -0.3 is 14.7 Å². The topological polar surface area (TPSA) is 92.1 Å². The number of hydrogen-bond donors (Lipinski definition) is 2. The van der Waals surface area contributed by atoms with Crippen LogP contribution < -0.4 is 4.90 Å². The van der Waals surface area contributed by atoms with Gasteiger partial charge in [-0.25, -0.2) is 9.37 Å². The van der Waals surface area contributed by atoms with Gasteiger partial charge in [0.15, 0.2) is 11.5 Å². The Morgan fingerprint density at radius 3 is 2.26 bits per heavy atom. The molecule has 9 heteroatoms. The van der Waals surface area contributed by atoms with Crippen LogP contribution in [0.1, 0.15) is 64.5 Å². The number of rotatable bonds is 7. The van der Waals surface area contributed by atoms with Gasteiger partial charge in [-0.15, -0.1) is 0 Å². The van der Waals surface area contributed by atoms with E-state index in [9.17, 15) is 9.50 Å². The predicted molar refractivity (Wildman–Crippen MR) is 150 cm³/mol. The molecule has 0 spiro atoms. The fraction of sp³-hybridized carbons (Fsp3) is 0.483. The van der Waals surface area contributed by atoms with E-state index < -0.39 is 5.60 Å². The second-order valence-electron chi connectivity index (χ2n) is 9.19. The van der Waals surface area contributed by atoms with Crippen LogP contribution in [0.4, 0.5) is 10.2 Å². The number of H-pyrrole nitrogens is 1. The number of morpholine rings is 1. The summed E-state index contributed by atoms with van der Waals surface area (Å²) < 4.78 is 19.3. The van der Waals surface area contributed by atoms with E-state index in [1.165, 1.54) is 12.1 Å². The molecule has 5 rings (SSSR count). The van der Waals surface area contributed by atoms with Crippen molar-refractivity contribution in [2.45, 2.75) is 65.9 Å². The lowest BCUT2D eigenvalue weighted by Gasteiger charge is -2.32. The van der Waals surface area contributed by atoms with Gasteiger partial charge in [0.25, 0.3) is 0 Å². The van der Waals surface area contributed by atoms with Crippen molar-refractivity contribution in [1.29, 1.82) is 0 Å². The smallest absolute Gasteiger partial charge is 0.167 e. The second kappa shape index (κ2) is 14.0. The number of aliphatic hydroxyl groups is 1. The van der Waals surface area contributed by atoms with Crippen molar-refractivity contribution in [2.75, 3.05) is 31.2 Å². The van der Waals surface area contributed by atoms with Gasteiger partial charge in [-0.05, 0) is 43.5 Å². The average Bonchev–Trinajstić information content (AvgIpc) is 3.62. The van der Waals surface area contributed by atoms with Gasteiger partial charge in [-0.1, -0.05) is 58.2 Å². The van der Waals surface area contributed by atoms with Crippen LogP contribution in [0.25, 0.3) is 16.9 Å². The Kier molecular flexibility index (Phi) is 10.8. The molecule has 8 nitrogen and oxygen atoms in total. The molecule has 0 bridgehead atoms. The summed E-state index contributed by atoms with van der Waals surface area (Å²) in [6.07, 6.45) is 6.72. The van der Waals surface area contributed by atoms with Crippen LogP contribution in [0.15, 0.2) is 48.8 Å². The third-order valence-electron chi connectivity index (χ3n) is 6.42. The Bertz CT molecular complexity index is 1210. The minimum absolute atomic E-state index is 0.171. The lowest BCUT2D eigenvalue weighted by molar-refractivity contribution is 0.0184. The first kappa shape index (κ1) is 29.3. The lowest BCUT2D eigenvalue weighted by Crippen LogP contribution is -2.37. The van der Waals surface area contributed by atoms with E-state index in [4.69, 9.17) is 9.72 Å². The highest BCUT2D eigenvalue weighted by atomic mass is 19.1. The van der Waals surface area contributed by atoms with Crippen LogP contribution in [0.5, 0.6) is 0 Å². The Morgan fingerprint density at radius 2 is 1.71 bits per heavy atom. The summed E-state index contributed by atoms with van der Waals surface area (Å²) in [4.78, 5) is 7.14. The Morgan fingerprint density at radius 1 is 1.05 bits per heavy atom. The Balaban J connectivity index is 0.000000339. The number of aromatic amines is 1. The number of pyridine rings is 1. The predicted octanol–water partition coefficient (Wildman–Crippen LogP) is 5.93. The van der Waals surface area contributed by atoms with Gasteiger partial charge in [0.1, 0.15) is 11.6 Å². The van der Waals surface area contributed by atoms with Crippen molar-refractivity contribution < 1.29 is 14.2 Å². The monoisotopic (exact) mass is 524 g/mol. The molecule has 3 aromatic heterocycles. The molecular formula is C29H41FN6O2. The zero-order valence-corrected chi connectivity index (χ0v) is 23.2. The maximum Gasteiger partial charge on any atom is 0.167 e. The molecule has 0 saturated carbocycles. The van der Waals surface area contributed by atoms with Gasteiger partial charge in [0.05, 0.1) is 31.2 Å². The minimum Gasteiger partial charge on any atom is -0.385 e. The third-order valence-corrected chi connectivity index (χ3v) is 6.42. The first-order valence-corrected chi connectivity index (χ1v) is 13.6. The first-order valence-electron chi connectivity index (χ1n) is 13.6. The quantitative estimate of drug-likeness (QED) is 0.311. The second-order valence-corrected chi connectivity index (χ2v) is 9.19. The number of nitrogens with one attached hydrogen (secondary N) is 1. The fourth-order valence-electron chi connectivity index (χ4n) is 4.62. The summed E-state index contributed by atoms with van der Waals surface area (Å²) in [5, 5.41) is 24.0. The molecule has 0 amide bonds. The highest BCUT2D eigenvalue weighted by molar-refractivity contribution is 5.83. The summed E-state index contributed by atoms with van der Waals surface area (Å²) in [6, 6.07) is 10.3. The molecular weight excluding hydrogens is 483 g/mol. The largest absolute Gasteiger partial charge is 0.385 e. The SMILES string of the molecule is CC.CCCC(O)(CCC)c1cc(N2CCOCC2)nc2c1cnn2-c1ccn[nH]1.Cc1ccc(F)cc1. The van der Waals surface area contributed by atoms with Crippen LogP contribution in [-0.4, -0.2) is 56.4 Å². The third kappa shape index (κ3) is 6.96. The highest BCUT2D eigenvalue weighted by Crippen LogP contribution is 2.38. The van der Waals surface area contributed by atoms with E-state index in [1.807, 2.05) is 26.8 Å². The molecule has 0 radical (unpaired) electrons. The lowest BCUT2D eigenvalue weighted by atomic mass is 9.84. The Hall–Kier alpha value is -3.30. The number of ether oxygens (including phenoxy) is 1. The van der Waals surface area contributed by atoms with Crippen LogP contribution in [0, 0.1) is 12.7 Å². The van der Waals surface area contributed by atoms with E-state index in [1.54, 1.807) is 29.2 Å². The van der Waals surface area contributed by atoms with Crippen molar-refractivity contribution in [2.24, 2.45) is 0 Å². The summed E-state index contributed by atoms with van der Waals surface area (Å²) in [7, 11) is 0. The van der Waals surface area contributed by atoms with Gasteiger partial charge in [0, 0.05) is 24.5 Å². The van der Waals surface area contributed by atoms with Crippen LogP contribution in [-0.2, 0) is 10.3 Å². The first-order chi connectivity index (χ1) is 18.4. The number of nitrogens with zero attached hydrogens (tertiary/aromatic N) is 5. The maximum atomic E-state index is 12.1. The molecule has 1 aromatic carbocycles. The minimum atomic E-state index is -0.895. The Labute approximate surface area is 224 Å². The van der Waals surface area contributed by atoms with Gasteiger partial charge in [-0.2, -0.15) is 14.9 Å². The van der Waals surface area contributed by atoms with Crippen molar-refractivity contribution in [3.8, 4) is 5.82 Å². The van der Waals surface area contributed by atoms with Crippen molar-refractivity contribution >= 4 is 16.9 Å². The van der Waals surface area contributed by atoms with Crippen LogP contribution in [0.2, 0.25) is 0 Å². The van der Waals surface area contributed by atoms with Crippen LogP contribution >= 0.6 is 0 Å². The van der Waals surface area contributed by atoms with Crippen molar-refractivity contribution in [1.82, 2.24) is 25.0 Å². The molecule has 1 fully saturated rings. The fourth-order valence-corrected chi connectivity index (χ4v) is 4.62. The molecule has 4 heterocycles. The summed E-state index contributed by atoms with van der Waals surface area (Å²) in [5.41, 5.74) is 1.84. The summed E-state index contributed by atoms with van der Waals surface area (Å²) >= 11 is 0. The molecule has 38 heavy (non-hydrogen) atoms. The zero-order chi connectivity index (χ0) is 27.5.